The van der Waals surface area contributed by atoms with Gasteiger partial charge in [0, 0.05) is 37.5 Å². The van der Waals surface area contributed by atoms with Gasteiger partial charge in [-0.3, -0.25) is 19.6 Å². The van der Waals surface area contributed by atoms with Gasteiger partial charge in [-0.2, -0.15) is 5.10 Å². The zero-order valence-electron chi connectivity index (χ0n) is 12.1. The lowest BCUT2D eigenvalue weighted by molar-refractivity contribution is -0.385. The van der Waals surface area contributed by atoms with E-state index in [0.29, 0.717) is 17.7 Å². The van der Waals surface area contributed by atoms with Crippen LogP contribution >= 0.6 is 0 Å². The Morgan fingerprint density at radius 3 is 2.71 bits per heavy atom. The minimum Gasteiger partial charge on any atom is -0.336 e. The van der Waals surface area contributed by atoms with Gasteiger partial charge in [0.25, 0.3) is 11.6 Å². The number of carbonyl (C=O) groups is 1. The van der Waals surface area contributed by atoms with Gasteiger partial charge in [-0.25, -0.2) is 0 Å². The first-order valence-corrected chi connectivity index (χ1v) is 6.38. The number of amides is 1. The Bertz CT molecular complexity index is 693. The topological polar surface area (TPSA) is 81.3 Å². The van der Waals surface area contributed by atoms with Crippen molar-refractivity contribution in [2.24, 2.45) is 7.05 Å². The molecule has 0 saturated carbocycles. The zero-order valence-corrected chi connectivity index (χ0v) is 12.1. The van der Waals surface area contributed by atoms with Crippen molar-refractivity contribution >= 4 is 11.6 Å². The molecule has 0 aliphatic heterocycles. The number of rotatable bonds is 4. The fraction of sp³-hybridized carbons (Fsp3) is 0.286. The molecule has 0 unspecified atom stereocenters. The second-order valence-corrected chi connectivity index (χ2v) is 4.85. The molecule has 1 aromatic heterocycles. The molecule has 1 heterocycles. The molecular weight excluding hydrogens is 272 g/mol. The molecule has 0 aliphatic carbocycles. The number of hydrogen-bond acceptors (Lipinski definition) is 4. The molecule has 0 fully saturated rings. The van der Waals surface area contributed by atoms with Crippen LogP contribution in [0.25, 0.3) is 0 Å². The molecule has 7 heteroatoms. The quantitative estimate of drug-likeness (QED) is 0.635. The lowest BCUT2D eigenvalue weighted by Gasteiger charge is -2.17. The van der Waals surface area contributed by atoms with Crippen molar-refractivity contribution in [1.82, 2.24) is 14.7 Å². The minimum atomic E-state index is -0.481. The first kappa shape index (κ1) is 14.7. The molecule has 7 nitrogen and oxygen atoms in total. The summed E-state index contributed by atoms with van der Waals surface area (Å²) in [7, 11) is 3.45. The van der Waals surface area contributed by atoms with Gasteiger partial charge >= 0.3 is 0 Å². The second-order valence-electron chi connectivity index (χ2n) is 4.85. The average Bonchev–Trinajstić information content (AvgIpc) is 2.83. The zero-order chi connectivity index (χ0) is 15.6. The summed E-state index contributed by atoms with van der Waals surface area (Å²) in [6.45, 7) is 1.93. The summed E-state index contributed by atoms with van der Waals surface area (Å²) in [5.74, 6) is -0.262. The Morgan fingerprint density at radius 1 is 1.43 bits per heavy atom. The standard InChI is InChI=1S/C14H16N4O3/c1-10-12(5-4-6-13(10)18(20)21)14(19)16(2)9-11-7-8-17(3)15-11/h4-8H,9H2,1-3H3. The number of hydrogen-bond donors (Lipinski definition) is 0. The van der Waals surface area contributed by atoms with E-state index in [4.69, 9.17) is 0 Å². The Kier molecular flexibility index (Phi) is 4.02. The van der Waals surface area contributed by atoms with E-state index in [1.807, 2.05) is 6.07 Å². The van der Waals surface area contributed by atoms with Crippen LogP contribution in [0.4, 0.5) is 5.69 Å². The molecular formula is C14H16N4O3. The van der Waals surface area contributed by atoms with E-state index in [9.17, 15) is 14.9 Å². The number of nitro benzene ring substituents is 1. The third-order valence-corrected chi connectivity index (χ3v) is 3.25. The lowest BCUT2D eigenvalue weighted by atomic mass is 10.1. The molecule has 0 spiro atoms. The highest BCUT2D eigenvalue weighted by atomic mass is 16.6. The number of carbonyl (C=O) groups excluding carboxylic acids is 1. The second kappa shape index (κ2) is 5.74. The molecule has 0 radical (unpaired) electrons. The SMILES string of the molecule is Cc1c(C(=O)N(C)Cc2ccn(C)n2)cccc1[N+](=O)[O-]. The molecule has 0 saturated heterocycles. The third kappa shape index (κ3) is 3.07. The van der Waals surface area contributed by atoms with Crippen LogP contribution in [-0.2, 0) is 13.6 Å². The van der Waals surface area contributed by atoms with Gasteiger partial charge in [0.05, 0.1) is 17.2 Å². The molecule has 0 aliphatic rings. The first-order valence-electron chi connectivity index (χ1n) is 6.38. The van der Waals surface area contributed by atoms with Gasteiger partial charge in [-0.1, -0.05) is 6.07 Å². The van der Waals surface area contributed by atoms with Crippen LogP contribution in [-0.4, -0.2) is 32.6 Å². The number of aromatic nitrogens is 2. The molecule has 110 valence electrons. The van der Waals surface area contributed by atoms with Crippen molar-refractivity contribution in [1.29, 1.82) is 0 Å². The average molecular weight is 288 g/mol. The van der Waals surface area contributed by atoms with Crippen molar-refractivity contribution in [3.8, 4) is 0 Å². The van der Waals surface area contributed by atoms with Crippen LogP contribution in [0.3, 0.4) is 0 Å². The lowest BCUT2D eigenvalue weighted by Crippen LogP contribution is -2.27. The molecule has 2 aromatic rings. The van der Waals surface area contributed by atoms with Crippen LogP contribution in [0.2, 0.25) is 0 Å². The van der Waals surface area contributed by atoms with Crippen molar-refractivity contribution in [2.75, 3.05) is 7.05 Å². The smallest absolute Gasteiger partial charge is 0.273 e. The monoisotopic (exact) mass is 288 g/mol. The number of benzene rings is 1. The van der Waals surface area contributed by atoms with Gasteiger partial charge in [0.15, 0.2) is 0 Å². The van der Waals surface area contributed by atoms with E-state index in [1.54, 1.807) is 38.0 Å². The van der Waals surface area contributed by atoms with E-state index in [-0.39, 0.29) is 11.6 Å². The van der Waals surface area contributed by atoms with Crippen molar-refractivity contribution in [3.05, 3.63) is 57.4 Å². The molecule has 21 heavy (non-hydrogen) atoms. The van der Waals surface area contributed by atoms with E-state index < -0.39 is 4.92 Å². The maximum atomic E-state index is 12.4. The van der Waals surface area contributed by atoms with E-state index >= 15 is 0 Å². The van der Waals surface area contributed by atoms with Crippen molar-refractivity contribution in [2.45, 2.75) is 13.5 Å². The van der Waals surface area contributed by atoms with Crippen LogP contribution < -0.4 is 0 Å². The molecule has 1 amide bonds. The van der Waals surface area contributed by atoms with Crippen LogP contribution in [0.15, 0.2) is 30.5 Å². The highest BCUT2D eigenvalue weighted by Gasteiger charge is 2.20. The van der Waals surface area contributed by atoms with Crippen molar-refractivity contribution < 1.29 is 9.72 Å². The Labute approximate surface area is 121 Å². The summed E-state index contributed by atoms with van der Waals surface area (Å²) >= 11 is 0. The summed E-state index contributed by atoms with van der Waals surface area (Å²) < 4.78 is 1.66. The predicted molar refractivity (Wildman–Crippen MR) is 76.8 cm³/mol. The third-order valence-electron chi connectivity index (χ3n) is 3.25. The number of nitro groups is 1. The Morgan fingerprint density at radius 2 is 2.14 bits per heavy atom. The summed E-state index contributed by atoms with van der Waals surface area (Å²) in [5.41, 5.74) is 1.42. The fourth-order valence-corrected chi connectivity index (χ4v) is 2.12. The maximum Gasteiger partial charge on any atom is 0.273 e. The molecule has 0 atom stereocenters. The van der Waals surface area contributed by atoms with Gasteiger partial charge in [0.1, 0.15) is 0 Å². The van der Waals surface area contributed by atoms with Gasteiger partial charge in [-0.15, -0.1) is 0 Å². The summed E-state index contributed by atoms with van der Waals surface area (Å²) in [5, 5.41) is 15.1. The predicted octanol–water partition coefficient (Wildman–Crippen LogP) is 1.91. The van der Waals surface area contributed by atoms with E-state index in [2.05, 4.69) is 5.10 Å². The summed E-state index contributed by atoms with van der Waals surface area (Å²) in [6.07, 6.45) is 1.80. The maximum absolute atomic E-state index is 12.4. The Balaban J connectivity index is 2.23. The summed E-state index contributed by atoms with van der Waals surface area (Å²) in [6, 6.07) is 6.33. The number of nitrogens with zero attached hydrogens (tertiary/aromatic N) is 4. The minimum absolute atomic E-state index is 0.0490. The molecule has 0 bridgehead atoms. The van der Waals surface area contributed by atoms with Crippen LogP contribution in [0.5, 0.6) is 0 Å². The highest BCUT2D eigenvalue weighted by molar-refractivity contribution is 5.96. The van der Waals surface area contributed by atoms with Gasteiger partial charge in [-0.05, 0) is 19.1 Å². The molecule has 1 aromatic carbocycles. The Hall–Kier alpha value is -2.70. The van der Waals surface area contributed by atoms with Gasteiger partial charge in [0.2, 0.25) is 0 Å². The van der Waals surface area contributed by atoms with Crippen LogP contribution in [0.1, 0.15) is 21.6 Å². The fourth-order valence-electron chi connectivity index (χ4n) is 2.12. The number of aryl methyl sites for hydroxylation is 1. The largest absolute Gasteiger partial charge is 0.336 e. The van der Waals surface area contributed by atoms with E-state index in [1.165, 1.54) is 17.0 Å². The normalized spacial score (nSPS) is 10.4. The summed E-state index contributed by atoms with van der Waals surface area (Å²) in [4.78, 5) is 24.4. The highest BCUT2D eigenvalue weighted by Crippen LogP contribution is 2.22. The molecule has 2 rings (SSSR count). The van der Waals surface area contributed by atoms with Crippen LogP contribution in [0, 0.1) is 17.0 Å². The first-order chi connectivity index (χ1) is 9.90. The van der Waals surface area contributed by atoms with Gasteiger partial charge < -0.3 is 4.90 Å². The van der Waals surface area contributed by atoms with E-state index in [0.717, 1.165) is 5.69 Å². The molecule has 0 N–H and O–H groups in total. The van der Waals surface area contributed by atoms with Crippen molar-refractivity contribution in [3.63, 3.8) is 0 Å².